The second kappa shape index (κ2) is 5.56. The molecule has 0 spiro atoms. The molecule has 0 saturated carbocycles. The minimum atomic E-state index is 0.159. The normalized spacial score (nSPS) is 17.0. The van der Waals surface area contributed by atoms with Crippen LogP contribution in [0.1, 0.15) is 12.5 Å². The maximum Gasteiger partial charge on any atom is 0.143 e. The van der Waals surface area contributed by atoms with Crippen molar-refractivity contribution in [2.45, 2.75) is 19.6 Å². The van der Waals surface area contributed by atoms with Crippen molar-refractivity contribution in [1.29, 1.82) is 0 Å². The lowest BCUT2D eigenvalue weighted by atomic mass is 10.1. The molecule has 0 aliphatic carbocycles. The van der Waals surface area contributed by atoms with Crippen LogP contribution in [-0.4, -0.2) is 19.8 Å². The Labute approximate surface area is 125 Å². The van der Waals surface area contributed by atoms with E-state index in [0.717, 1.165) is 36.0 Å². The van der Waals surface area contributed by atoms with Crippen molar-refractivity contribution in [3.63, 3.8) is 0 Å². The summed E-state index contributed by atoms with van der Waals surface area (Å²) >= 11 is 0. The number of hydrogen-bond donors (Lipinski definition) is 1. The molecular formula is C17H20N2O2. The molecule has 2 aromatic rings. The van der Waals surface area contributed by atoms with Crippen molar-refractivity contribution in [1.82, 2.24) is 0 Å². The predicted molar refractivity (Wildman–Crippen MR) is 85.0 cm³/mol. The van der Waals surface area contributed by atoms with Crippen molar-refractivity contribution in [2.75, 3.05) is 24.3 Å². The molecule has 0 bridgehead atoms. The summed E-state index contributed by atoms with van der Waals surface area (Å²) in [5, 5.41) is 0. The molecule has 2 N–H and O–H groups in total. The molecule has 1 aliphatic heterocycles. The Hall–Kier alpha value is -2.36. The highest BCUT2D eigenvalue weighted by Gasteiger charge is 2.23. The lowest BCUT2D eigenvalue weighted by Crippen LogP contribution is -2.37. The van der Waals surface area contributed by atoms with Gasteiger partial charge in [-0.1, -0.05) is 12.1 Å². The number of nitrogens with zero attached hydrogens (tertiary/aromatic N) is 1. The van der Waals surface area contributed by atoms with Crippen molar-refractivity contribution in [3.8, 4) is 11.5 Å². The number of benzene rings is 2. The van der Waals surface area contributed by atoms with Crippen molar-refractivity contribution >= 4 is 11.4 Å². The zero-order chi connectivity index (χ0) is 14.8. The van der Waals surface area contributed by atoms with Gasteiger partial charge in [0, 0.05) is 18.3 Å². The number of hydrogen-bond acceptors (Lipinski definition) is 4. The van der Waals surface area contributed by atoms with Crippen LogP contribution in [-0.2, 0) is 6.54 Å². The first-order valence-corrected chi connectivity index (χ1v) is 7.10. The van der Waals surface area contributed by atoms with Crippen LogP contribution >= 0.6 is 0 Å². The molecule has 0 amide bonds. The van der Waals surface area contributed by atoms with Crippen LogP contribution in [0.3, 0.4) is 0 Å². The number of ether oxygens (including phenoxy) is 2. The van der Waals surface area contributed by atoms with Crippen molar-refractivity contribution in [3.05, 3.63) is 48.0 Å². The molecular weight excluding hydrogens is 264 g/mol. The average molecular weight is 284 g/mol. The van der Waals surface area contributed by atoms with Gasteiger partial charge in [0.25, 0.3) is 0 Å². The Morgan fingerprint density at radius 2 is 2.14 bits per heavy atom. The summed E-state index contributed by atoms with van der Waals surface area (Å²) in [6, 6.07) is 13.9. The topological polar surface area (TPSA) is 47.7 Å². The standard InChI is InChI=1S/C17H20N2O2/c1-12-10-19(11-13-4-3-5-14(18)8-13)16-9-15(20-2)6-7-17(16)21-12/h3-9,12H,10-11,18H2,1-2H3. The molecule has 0 saturated heterocycles. The fourth-order valence-electron chi connectivity index (χ4n) is 2.70. The molecule has 1 heterocycles. The molecule has 0 aromatic heterocycles. The summed E-state index contributed by atoms with van der Waals surface area (Å²) in [5.74, 6) is 1.74. The van der Waals surface area contributed by atoms with E-state index in [1.165, 1.54) is 5.56 Å². The Balaban J connectivity index is 1.92. The molecule has 0 radical (unpaired) electrons. The van der Waals surface area contributed by atoms with Crippen LogP contribution in [0, 0.1) is 0 Å². The zero-order valence-electron chi connectivity index (χ0n) is 12.4. The Morgan fingerprint density at radius 1 is 1.29 bits per heavy atom. The number of methoxy groups -OCH3 is 1. The van der Waals surface area contributed by atoms with E-state index in [4.69, 9.17) is 15.2 Å². The monoisotopic (exact) mass is 284 g/mol. The lowest BCUT2D eigenvalue weighted by molar-refractivity contribution is 0.211. The van der Waals surface area contributed by atoms with Crippen molar-refractivity contribution < 1.29 is 9.47 Å². The highest BCUT2D eigenvalue weighted by Crippen LogP contribution is 2.37. The summed E-state index contributed by atoms with van der Waals surface area (Å²) in [5.41, 5.74) is 8.92. The van der Waals surface area contributed by atoms with Crippen LogP contribution in [0.15, 0.2) is 42.5 Å². The third kappa shape index (κ3) is 2.89. The third-order valence-corrected chi connectivity index (χ3v) is 3.64. The van der Waals surface area contributed by atoms with E-state index in [-0.39, 0.29) is 6.10 Å². The van der Waals surface area contributed by atoms with E-state index in [1.807, 2.05) is 36.4 Å². The average Bonchev–Trinajstić information content (AvgIpc) is 2.47. The highest BCUT2D eigenvalue weighted by molar-refractivity contribution is 5.63. The number of anilines is 2. The molecule has 4 heteroatoms. The number of fused-ring (bicyclic) bond motifs is 1. The van der Waals surface area contributed by atoms with Gasteiger partial charge in [-0.25, -0.2) is 0 Å². The second-order valence-corrected chi connectivity index (χ2v) is 5.39. The Kier molecular flexibility index (Phi) is 3.60. The van der Waals surface area contributed by atoms with Crippen LogP contribution in [0.5, 0.6) is 11.5 Å². The third-order valence-electron chi connectivity index (χ3n) is 3.64. The van der Waals surface area contributed by atoms with Gasteiger partial charge in [-0.3, -0.25) is 0 Å². The first kappa shape index (κ1) is 13.6. The van der Waals surface area contributed by atoms with Gasteiger partial charge in [0.05, 0.1) is 19.3 Å². The summed E-state index contributed by atoms with van der Waals surface area (Å²) in [4.78, 5) is 2.31. The smallest absolute Gasteiger partial charge is 0.143 e. The molecule has 110 valence electrons. The summed E-state index contributed by atoms with van der Waals surface area (Å²) in [7, 11) is 1.68. The van der Waals surface area contributed by atoms with Crippen LogP contribution < -0.4 is 20.1 Å². The fourth-order valence-corrected chi connectivity index (χ4v) is 2.70. The molecule has 1 atom stereocenters. The summed E-state index contributed by atoms with van der Waals surface area (Å²) in [6.45, 7) is 3.73. The van der Waals surface area contributed by atoms with Gasteiger partial charge < -0.3 is 20.1 Å². The van der Waals surface area contributed by atoms with E-state index < -0.39 is 0 Å². The molecule has 2 aromatic carbocycles. The first-order chi connectivity index (χ1) is 10.2. The van der Waals surface area contributed by atoms with E-state index in [2.05, 4.69) is 17.9 Å². The molecule has 1 aliphatic rings. The quantitative estimate of drug-likeness (QED) is 0.880. The van der Waals surface area contributed by atoms with Crippen LogP contribution in [0.25, 0.3) is 0 Å². The first-order valence-electron chi connectivity index (χ1n) is 7.10. The second-order valence-electron chi connectivity index (χ2n) is 5.39. The number of nitrogens with two attached hydrogens (primary N) is 1. The van der Waals surface area contributed by atoms with Gasteiger partial charge in [0.15, 0.2) is 0 Å². The lowest BCUT2D eigenvalue weighted by Gasteiger charge is -2.35. The molecule has 21 heavy (non-hydrogen) atoms. The molecule has 1 unspecified atom stereocenters. The number of nitrogen functional groups attached to an aromatic ring is 1. The van der Waals surface area contributed by atoms with Crippen LogP contribution in [0.4, 0.5) is 11.4 Å². The number of rotatable bonds is 3. The van der Waals surface area contributed by atoms with Gasteiger partial charge in [0.2, 0.25) is 0 Å². The SMILES string of the molecule is COc1ccc2c(c1)N(Cc1cccc(N)c1)CC(C)O2. The predicted octanol–water partition coefficient (Wildman–Crippen LogP) is 3.06. The minimum absolute atomic E-state index is 0.159. The van der Waals surface area contributed by atoms with Gasteiger partial charge in [0.1, 0.15) is 17.6 Å². The summed E-state index contributed by atoms with van der Waals surface area (Å²) in [6.07, 6.45) is 0.159. The molecule has 0 fully saturated rings. The van der Waals surface area contributed by atoms with Gasteiger partial charge >= 0.3 is 0 Å². The maximum atomic E-state index is 5.90. The van der Waals surface area contributed by atoms with E-state index in [1.54, 1.807) is 7.11 Å². The summed E-state index contributed by atoms with van der Waals surface area (Å²) < 4.78 is 11.2. The van der Waals surface area contributed by atoms with E-state index in [9.17, 15) is 0 Å². The fraction of sp³-hybridized carbons (Fsp3) is 0.294. The van der Waals surface area contributed by atoms with Crippen molar-refractivity contribution in [2.24, 2.45) is 0 Å². The largest absolute Gasteiger partial charge is 0.497 e. The Morgan fingerprint density at radius 3 is 2.90 bits per heavy atom. The highest BCUT2D eigenvalue weighted by atomic mass is 16.5. The van der Waals surface area contributed by atoms with E-state index in [0.29, 0.717) is 0 Å². The molecule has 3 rings (SSSR count). The van der Waals surface area contributed by atoms with Crippen LogP contribution in [0.2, 0.25) is 0 Å². The van der Waals surface area contributed by atoms with E-state index >= 15 is 0 Å². The van der Waals surface area contributed by atoms with Gasteiger partial charge in [-0.05, 0) is 36.8 Å². The molecule has 4 nitrogen and oxygen atoms in total. The van der Waals surface area contributed by atoms with Gasteiger partial charge in [-0.2, -0.15) is 0 Å². The van der Waals surface area contributed by atoms with Gasteiger partial charge in [-0.15, -0.1) is 0 Å². The Bertz CT molecular complexity index is 642. The maximum absolute atomic E-state index is 5.90. The zero-order valence-corrected chi connectivity index (χ0v) is 12.4. The minimum Gasteiger partial charge on any atom is -0.497 e.